The molecule has 1 aromatic carbocycles. The minimum Gasteiger partial charge on any atom is -0.497 e. The lowest BCUT2D eigenvalue weighted by molar-refractivity contribution is -0.176. The second-order valence-electron chi connectivity index (χ2n) is 9.50. The Hall–Kier alpha value is -3.36. The number of benzene rings is 1. The van der Waals surface area contributed by atoms with Gasteiger partial charge in [-0.25, -0.2) is 4.79 Å². The van der Waals surface area contributed by atoms with Crippen LogP contribution in [0.15, 0.2) is 36.9 Å². The molecule has 2 amide bonds. The van der Waals surface area contributed by atoms with Crippen molar-refractivity contribution in [2.24, 2.45) is 5.92 Å². The molecule has 0 spiro atoms. The Morgan fingerprint density at radius 1 is 1.09 bits per heavy atom. The van der Waals surface area contributed by atoms with Gasteiger partial charge in [-0.15, -0.1) is 0 Å². The minimum atomic E-state index is -1.02. The highest BCUT2D eigenvalue weighted by Gasteiger charge is 2.29. The molecular formula is C26H38N2O7. The molecule has 0 saturated carbocycles. The Labute approximate surface area is 207 Å². The van der Waals surface area contributed by atoms with E-state index in [2.05, 4.69) is 17.2 Å². The van der Waals surface area contributed by atoms with E-state index in [1.165, 1.54) is 0 Å². The molecule has 0 heterocycles. The van der Waals surface area contributed by atoms with Gasteiger partial charge in [-0.1, -0.05) is 32.6 Å². The van der Waals surface area contributed by atoms with Crippen LogP contribution >= 0.6 is 0 Å². The third kappa shape index (κ3) is 12.1. The first kappa shape index (κ1) is 29.7. The molecule has 9 nitrogen and oxygen atoms in total. The standard InChI is InChI=1S/C26H38N2O7/c1-8-22(29)28-20(16-18-9-11-19(33-7)12-10-18)24(31)27-14-13-23(30)34-21(15-17(2)3)25(32)35-26(4,5)6/h8-12,17,20-21H,1,13-16H2,2-7H3,(H,27,31)(H,28,29)/t20-,21+/m1/s1. The van der Waals surface area contributed by atoms with E-state index >= 15 is 0 Å². The summed E-state index contributed by atoms with van der Waals surface area (Å²) in [6.07, 6.45) is 0.469. The van der Waals surface area contributed by atoms with E-state index < -0.39 is 41.5 Å². The average Bonchev–Trinajstić information content (AvgIpc) is 2.77. The lowest BCUT2D eigenvalue weighted by Gasteiger charge is -2.25. The van der Waals surface area contributed by atoms with Crippen LogP contribution in [0.1, 0.15) is 53.0 Å². The second kappa shape index (κ2) is 14.1. The highest BCUT2D eigenvalue weighted by molar-refractivity contribution is 5.92. The van der Waals surface area contributed by atoms with E-state index in [0.717, 1.165) is 11.6 Å². The summed E-state index contributed by atoms with van der Waals surface area (Å²) in [5.74, 6) is -1.42. The van der Waals surface area contributed by atoms with Crippen molar-refractivity contribution in [2.75, 3.05) is 13.7 Å². The molecule has 1 rings (SSSR count). The maximum Gasteiger partial charge on any atom is 0.347 e. The van der Waals surface area contributed by atoms with Gasteiger partial charge < -0.3 is 24.8 Å². The summed E-state index contributed by atoms with van der Waals surface area (Å²) in [4.78, 5) is 49.3. The molecule has 0 radical (unpaired) electrons. The van der Waals surface area contributed by atoms with Crippen LogP contribution in [0.25, 0.3) is 0 Å². The molecule has 35 heavy (non-hydrogen) atoms. The van der Waals surface area contributed by atoms with Gasteiger partial charge in [0.2, 0.25) is 11.8 Å². The van der Waals surface area contributed by atoms with E-state index in [1.807, 2.05) is 13.8 Å². The summed E-state index contributed by atoms with van der Waals surface area (Å²) in [5.41, 5.74) is 0.102. The zero-order chi connectivity index (χ0) is 26.6. The van der Waals surface area contributed by atoms with E-state index in [9.17, 15) is 19.2 Å². The van der Waals surface area contributed by atoms with Crippen LogP contribution in [0.5, 0.6) is 5.75 Å². The fraction of sp³-hybridized carbons (Fsp3) is 0.538. The van der Waals surface area contributed by atoms with Crippen LogP contribution in [-0.2, 0) is 35.1 Å². The Morgan fingerprint density at radius 3 is 2.23 bits per heavy atom. The van der Waals surface area contributed by atoms with Crippen LogP contribution < -0.4 is 15.4 Å². The number of hydrogen-bond donors (Lipinski definition) is 2. The molecule has 2 N–H and O–H groups in total. The first-order chi connectivity index (χ1) is 16.3. The van der Waals surface area contributed by atoms with Gasteiger partial charge in [0.15, 0.2) is 6.10 Å². The molecule has 194 valence electrons. The highest BCUT2D eigenvalue weighted by Crippen LogP contribution is 2.16. The number of nitrogens with one attached hydrogen (secondary N) is 2. The van der Waals surface area contributed by atoms with Crippen molar-refractivity contribution in [1.29, 1.82) is 0 Å². The molecule has 0 fully saturated rings. The van der Waals surface area contributed by atoms with Crippen molar-refractivity contribution in [3.63, 3.8) is 0 Å². The van der Waals surface area contributed by atoms with Gasteiger partial charge in [0.25, 0.3) is 0 Å². The van der Waals surface area contributed by atoms with Crippen molar-refractivity contribution in [3.05, 3.63) is 42.5 Å². The van der Waals surface area contributed by atoms with Crippen molar-refractivity contribution in [2.45, 2.75) is 71.6 Å². The fourth-order valence-corrected chi connectivity index (χ4v) is 3.05. The average molecular weight is 491 g/mol. The highest BCUT2D eigenvalue weighted by atomic mass is 16.6. The number of amides is 2. The molecule has 0 saturated heterocycles. The third-order valence-corrected chi connectivity index (χ3v) is 4.67. The van der Waals surface area contributed by atoms with Crippen LogP contribution in [0.3, 0.4) is 0 Å². The van der Waals surface area contributed by atoms with Crippen molar-refractivity contribution in [3.8, 4) is 5.75 Å². The maximum atomic E-state index is 12.7. The molecule has 0 unspecified atom stereocenters. The van der Waals surface area contributed by atoms with Crippen molar-refractivity contribution in [1.82, 2.24) is 10.6 Å². The first-order valence-corrected chi connectivity index (χ1v) is 11.6. The smallest absolute Gasteiger partial charge is 0.347 e. The molecule has 9 heteroatoms. The number of esters is 2. The van der Waals surface area contributed by atoms with Gasteiger partial charge in [-0.3, -0.25) is 14.4 Å². The molecule has 0 bridgehead atoms. The number of carbonyl (C=O) groups is 4. The molecule has 0 aliphatic rings. The first-order valence-electron chi connectivity index (χ1n) is 11.6. The van der Waals surface area contributed by atoms with Gasteiger partial charge in [-0.2, -0.15) is 0 Å². The monoisotopic (exact) mass is 490 g/mol. The molecule has 0 aliphatic carbocycles. The molecular weight excluding hydrogens is 452 g/mol. The molecule has 1 aromatic rings. The largest absolute Gasteiger partial charge is 0.497 e. The number of ether oxygens (including phenoxy) is 3. The van der Waals surface area contributed by atoms with Gasteiger partial charge in [0, 0.05) is 13.0 Å². The Bertz CT molecular complexity index is 873. The van der Waals surface area contributed by atoms with Gasteiger partial charge in [-0.05, 0) is 56.9 Å². The predicted molar refractivity (Wildman–Crippen MR) is 132 cm³/mol. The van der Waals surface area contributed by atoms with Crippen LogP contribution in [0, 0.1) is 5.92 Å². The van der Waals surface area contributed by atoms with Crippen LogP contribution in [-0.4, -0.2) is 55.2 Å². The summed E-state index contributed by atoms with van der Waals surface area (Å²) < 4.78 is 15.8. The normalized spacial score (nSPS) is 12.8. The fourth-order valence-electron chi connectivity index (χ4n) is 3.05. The summed E-state index contributed by atoms with van der Waals surface area (Å²) in [6.45, 7) is 12.4. The summed E-state index contributed by atoms with van der Waals surface area (Å²) in [7, 11) is 1.55. The van der Waals surface area contributed by atoms with Crippen LogP contribution in [0.2, 0.25) is 0 Å². The van der Waals surface area contributed by atoms with Crippen LogP contribution in [0.4, 0.5) is 0 Å². The van der Waals surface area contributed by atoms with E-state index in [0.29, 0.717) is 12.2 Å². The number of rotatable bonds is 13. The lowest BCUT2D eigenvalue weighted by atomic mass is 10.0. The number of hydrogen-bond acceptors (Lipinski definition) is 7. The lowest BCUT2D eigenvalue weighted by Crippen LogP contribution is -2.48. The van der Waals surface area contributed by atoms with Crippen molar-refractivity contribution >= 4 is 23.8 Å². The summed E-state index contributed by atoms with van der Waals surface area (Å²) in [5, 5.41) is 5.23. The zero-order valence-corrected chi connectivity index (χ0v) is 21.5. The summed E-state index contributed by atoms with van der Waals surface area (Å²) in [6, 6.07) is 6.23. The molecule has 0 aromatic heterocycles. The Morgan fingerprint density at radius 2 is 1.71 bits per heavy atom. The van der Waals surface area contributed by atoms with E-state index in [-0.39, 0.29) is 25.3 Å². The maximum absolute atomic E-state index is 12.7. The van der Waals surface area contributed by atoms with Gasteiger partial charge in [0.1, 0.15) is 17.4 Å². The Balaban J connectivity index is 2.70. The second-order valence-corrected chi connectivity index (χ2v) is 9.50. The van der Waals surface area contributed by atoms with Gasteiger partial charge in [0.05, 0.1) is 13.5 Å². The minimum absolute atomic E-state index is 0.0243. The Kier molecular flexibility index (Phi) is 12.0. The quantitative estimate of drug-likeness (QED) is 0.322. The SMILES string of the molecule is C=CC(=O)N[C@H](Cc1ccc(OC)cc1)C(=O)NCCC(=O)O[C@@H](CC(C)C)C(=O)OC(C)(C)C. The zero-order valence-electron chi connectivity index (χ0n) is 21.5. The topological polar surface area (TPSA) is 120 Å². The number of carbonyl (C=O) groups excluding carboxylic acids is 4. The molecule has 0 aliphatic heterocycles. The number of methoxy groups -OCH3 is 1. The van der Waals surface area contributed by atoms with Gasteiger partial charge >= 0.3 is 11.9 Å². The summed E-state index contributed by atoms with van der Waals surface area (Å²) >= 11 is 0. The van der Waals surface area contributed by atoms with E-state index in [4.69, 9.17) is 14.2 Å². The van der Waals surface area contributed by atoms with Crippen molar-refractivity contribution < 1.29 is 33.4 Å². The van der Waals surface area contributed by atoms with E-state index in [1.54, 1.807) is 52.1 Å². The third-order valence-electron chi connectivity index (χ3n) is 4.67. The molecule has 2 atom stereocenters. The predicted octanol–water partition coefficient (Wildman–Crippen LogP) is 2.71.